The van der Waals surface area contributed by atoms with Crippen LogP contribution in [-0.2, 0) is 17.9 Å². The highest BCUT2D eigenvalue weighted by Gasteiger charge is 2.10. The zero-order valence-corrected chi connectivity index (χ0v) is 15.4. The van der Waals surface area contributed by atoms with E-state index < -0.39 is 0 Å². The minimum Gasteiger partial charge on any atom is -0.481 e. The second kappa shape index (κ2) is 10.3. The Morgan fingerprint density at radius 3 is 2.77 bits per heavy atom. The van der Waals surface area contributed by atoms with Gasteiger partial charge in [-0.3, -0.25) is 4.79 Å². The van der Waals surface area contributed by atoms with Gasteiger partial charge in [0, 0.05) is 30.3 Å². The van der Waals surface area contributed by atoms with Gasteiger partial charge in [0.2, 0.25) is 5.91 Å². The Hall–Kier alpha value is -2.77. The van der Waals surface area contributed by atoms with E-state index in [1.165, 1.54) is 0 Å². The van der Waals surface area contributed by atoms with Crippen LogP contribution in [0.15, 0.2) is 48.5 Å². The van der Waals surface area contributed by atoms with E-state index in [9.17, 15) is 4.79 Å². The van der Waals surface area contributed by atoms with Crippen molar-refractivity contribution in [1.29, 1.82) is 0 Å². The fourth-order valence-corrected chi connectivity index (χ4v) is 2.46. The Morgan fingerprint density at radius 1 is 1.19 bits per heavy atom. The van der Waals surface area contributed by atoms with Crippen molar-refractivity contribution in [3.8, 4) is 18.1 Å². The molecule has 0 aliphatic rings. The summed E-state index contributed by atoms with van der Waals surface area (Å²) >= 11 is 0. The molecule has 0 aromatic heterocycles. The smallest absolute Gasteiger partial charge is 0.227 e. The van der Waals surface area contributed by atoms with Crippen LogP contribution in [0.4, 0.5) is 5.69 Å². The lowest BCUT2D eigenvalue weighted by molar-refractivity contribution is -0.119. The molecular weight excluding hydrogens is 324 g/mol. The number of anilines is 1. The molecule has 1 unspecified atom stereocenters. The zero-order chi connectivity index (χ0) is 18.8. The maximum atomic E-state index is 12.0. The summed E-state index contributed by atoms with van der Waals surface area (Å²) in [6.07, 6.45) is 6.09. The van der Waals surface area contributed by atoms with E-state index in [1.54, 1.807) is 0 Å². The molecule has 0 saturated carbocycles. The number of terminal acetylenes is 1. The summed E-state index contributed by atoms with van der Waals surface area (Å²) in [5.41, 5.74) is 2.99. The normalized spacial score (nSPS) is 11.4. The highest BCUT2D eigenvalue weighted by molar-refractivity contribution is 5.92. The van der Waals surface area contributed by atoms with Gasteiger partial charge in [-0.1, -0.05) is 50.1 Å². The van der Waals surface area contributed by atoms with Gasteiger partial charge in [0.15, 0.2) is 0 Å². The number of hydrogen-bond donors (Lipinski definition) is 2. The van der Waals surface area contributed by atoms with Crippen LogP contribution in [0.2, 0.25) is 0 Å². The molecule has 0 bridgehead atoms. The number of para-hydroxylation sites is 1. The van der Waals surface area contributed by atoms with Gasteiger partial charge in [0.05, 0.1) is 0 Å². The van der Waals surface area contributed by atoms with E-state index in [0.29, 0.717) is 13.1 Å². The van der Waals surface area contributed by atoms with Crippen molar-refractivity contribution in [2.75, 3.05) is 11.9 Å². The van der Waals surface area contributed by atoms with Gasteiger partial charge < -0.3 is 15.4 Å². The fraction of sp³-hybridized carbons (Fsp3) is 0.318. The first-order valence-corrected chi connectivity index (χ1v) is 8.88. The molecule has 2 N–H and O–H groups in total. The van der Waals surface area contributed by atoms with E-state index >= 15 is 0 Å². The number of ether oxygens (including phenoxy) is 1. The summed E-state index contributed by atoms with van der Waals surface area (Å²) in [6.45, 7) is 5.56. The second-order valence-corrected chi connectivity index (χ2v) is 6.20. The average molecular weight is 350 g/mol. The number of carbonyl (C=O) groups is 1. The van der Waals surface area contributed by atoms with E-state index in [1.807, 2.05) is 62.4 Å². The minimum absolute atomic E-state index is 0.0105. The summed E-state index contributed by atoms with van der Waals surface area (Å²) in [7, 11) is 0. The molecule has 136 valence electrons. The number of nitrogens with one attached hydrogen (secondary N) is 2. The van der Waals surface area contributed by atoms with Crippen molar-refractivity contribution in [2.45, 2.75) is 33.4 Å². The van der Waals surface area contributed by atoms with Crippen molar-refractivity contribution in [3.05, 3.63) is 59.7 Å². The highest BCUT2D eigenvalue weighted by atomic mass is 16.5. The fourth-order valence-electron chi connectivity index (χ4n) is 2.46. The summed E-state index contributed by atoms with van der Waals surface area (Å²) in [6, 6.07) is 15.7. The van der Waals surface area contributed by atoms with Crippen molar-refractivity contribution in [1.82, 2.24) is 5.32 Å². The van der Waals surface area contributed by atoms with Crippen LogP contribution < -0.4 is 15.4 Å². The third-order valence-corrected chi connectivity index (χ3v) is 4.18. The second-order valence-electron chi connectivity index (χ2n) is 6.20. The number of rotatable bonds is 9. The number of benzene rings is 2. The van der Waals surface area contributed by atoms with Gasteiger partial charge in [-0.05, 0) is 30.2 Å². The van der Waals surface area contributed by atoms with Crippen molar-refractivity contribution < 1.29 is 9.53 Å². The largest absolute Gasteiger partial charge is 0.481 e. The average Bonchev–Trinajstić information content (AvgIpc) is 2.66. The van der Waals surface area contributed by atoms with Gasteiger partial charge >= 0.3 is 0 Å². The van der Waals surface area contributed by atoms with Gasteiger partial charge in [-0.15, -0.1) is 6.42 Å². The Bertz CT molecular complexity index is 765. The van der Waals surface area contributed by atoms with Gasteiger partial charge in [-0.2, -0.15) is 0 Å². The summed E-state index contributed by atoms with van der Waals surface area (Å²) < 4.78 is 5.56. The van der Waals surface area contributed by atoms with Crippen LogP contribution in [0.1, 0.15) is 31.4 Å². The molecule has 2 aromatic carbocycles. The molecule has 0 spiro atoms. The molecule has 0 aliphatic carbocycles. The molecule has 4 heteroatoms. The predicted octanol–water partition coefficient (Wildman–Crippen LogP) is 3.97. The summed E-state index contributed by atoms with van der Waals surface area (Å²) in [4.78, 5) is 12.0. The Kier molecular flexibility index (Phi) is 7.73. The van der Waals surface area contributed by atoms with Crippen LogP contribution in [0.5, 0.6) is 5.75 Å². The molecular formula is C22H26N2O2. The summed E-state index contributed by atoms with van der Waals surface area (Å²) in [5, 5.41) is 6.37. The Morgan fingerprint density at radius 2 is 2.00 bits per heavy atom. The SMILES string of the molecule is C#CCOc1ccccc1CNCc1cccc(NC(=O)C(C)CC)c1. The van der Waals surface area contributed by atoms with Crippen LogP contribution in [0.25, 0.3) is 0 Å². The third kappa shape index (κ3) is 5.94. The van der Waals surface area contributed by atoms with Gasteiger partial charge in [0.1, 0.15) is 12.4 Å². The maximum Gasteiger partial charge on any atom is 0.227 e. The molecule has 2 rings (SSSR count). The standard InChI is InChI=1S/C22H26N2O2/c1-4-13-26-21-12-7-6-10-19(21)16-23-15-18-9-8-11-20(14-18)24-22(25)17(3)5-2/h1,6-12,14,17,23H,5,13,15-16H2,2-3H3,(H,24,25). The lowest BCUT2D eigenvalue weighted by Crippen LogP contribution is -2.20. The molecule has 26 heavy (non-hydrogen) atoms. The molecule has 4 nitrogen and oxygen atoms in total. The number of hydrogen-bond acceptors (Lipinski definition) is 3. The van der Waals surface area contributed by atoms with E-state index in [0.717, 1.165) is 29.0 Å². The minimum atomic E-state index is 0.0105. The Labute approximate surface area is 156 Å². The van der Waals surface area contributed by atoms with Gasteiger partial charge in [0.25, 0.3) is 0 Å². The molecule has 2 aromatic rings. The number of amides is 1. The lowest BCUT2D eigenvalue weighted by atomic mass is 10.1. The third-order valence-electron chi connectivity index (χ3n) is 4.18. The first kappa shape index (κ1) is 19.6. The monoisotopic (exact) mass is 350 g/mol. The van der Waals surface area contributed by atoms with Crippen molar-refractivity contribution >= 4 is 11.6 Å². The topological polar surface area (TPSA) is 50.4 Å². The lowest BCUT2D eigenvalue weighted by Gasteiger charge is -2.12. The van der Waals surface area contributed by atoms with E-state index in [4.69, 9.17) is 11.2 Å². The van der Waals surface area contributed by atoms with Crippen molar-refractivity contribution in [2.24, 2.45) is 5.92 Å². The molecule has 0 radical (unpaired) electrons. The quantitative estimate of drug-likeness (QED) is 0.673. The highest BCUT2D eigenvalue weighted by Crippen LogP contribution is 2.18. The maximum absolute atomic E-state index is 12.0. The van der Waals surface area contributed by atoms with Crippen molar-refractivity contribution in [3.63, 3.8) is 0 Å². The molecule has 1 atom stereocenters. The molecule has 0 fully saturated rings. The zero-order valence-electron chi connectivity index (χ0n) is 15.4. The summed E-state index contributed by atoms with van der Waals surface area (Å²) in [5.74, 6) is 3.34. The van der Waals surface area contributed by atoms with Gasteiger partial charge in [-0.25, -0.2) is 0 Å². The van der Waals surface area contributed by atoms with E-state index in [-0.39, 0.29) is 18.4 Å². The van der Waals surface area contributed by atoms with Crippen LogP contribution in [-0.4, -0.2) is 12.5 Å². The molecule has 1 amide bonds. The van der Waals surface area contributed by atoms with Crippen LogP contribution >= 0.6 is 0 Å². The Balaban J connectivity index is 1.91. The number of carbonyl (C=O) groups excluding carboxylic acids is 1. The molecule has 0 aliphatic heterocycles. The van der Waals surface area contributed by atoms with Crippen LogP contribution in [0.3, 0.4) is 0 Å². The van der Waals surface area contributed by atoms with Crippen LogP contribution in [0, 0.1) is 18.3 Å². The van der Waals surface area contributed by atoms with E-state index in [2.05, 4.69) is 16.6 Å². The predicted molar refractivity (Wildman–Crippen MR) is 106 cm³/mol. The first-order chi connectivity index (χ1) is 12.6. The molecule has 0 saturated heterocycles. The molecule has 0 heterocycles. The first-order valence-electron chi connectivity index (χ1n) is 8.88.